The Morgan fingerprint density at radius 1 is 1.15 bits per heavy atom. The summed E-state index contributed by atoms with van der Waals surface area (Å²) < 4.78 is 5.06. The van der Waals surface area contributed by atoms with Gasteiger partial charge in [0.1, 0.15) is 0 Å². The maximum absolute atomic E-state index is 12.1. The molecule has 26 heavy (non-hydrogen) atoms. The summed E-state index contributed by atoms with van der Waals surface area (Å²) in [5.74, 6) is -0.983. The van der Waals surface area contributed by atoms with Gasteiger partial charge in [0.2, 0.25) is 0 Å². The molecule has 0 radical (unpaired) electrons. The first kappa shape index (κ1) is 20.1. The number of carbonyl (C=O) groups excluding carboxylic acids is 2. The Morgan fingerprint density at radius 2 is 1.85 bits per heavy atom. The Morgan fingerprint density at radius 3 is 2.46 bits per heavy atom. The van der Waals surface area contributed by atoms with E-state index >= 15 is 0 Å². The number of nitrogens with zero attached hydrogens (tertiary/aromatic N) is 1. The molecule has 0 bridgehead atoms. The lowest BCUT2D eigenvalue weighted by atomic mass is 10.2. The van der Waals surface area contributed by atoms with Crippen LogP contribution in [0.15, 0.2) is 47.4 Å². The van der Waals surface area contributed by atoms with Crippen LogP contribution in [0.5, 0.6) is 0 Å². The second-order valence-corrected chi connectivity index (χ2v) is 7.05. The monoisotopic (exact) mass is 392 g/mol. The number of amides is 1. The molecular formula is C19H21ClN2O3S. The fourth-order valence-corrected chi connectivity index (χ4v) is 2.79. The molecule has 7 heteroatoms. The van der Waals surface area contributed by atoms with Crippen molar-refractivity contribution in [3.63, 3.8) is 0 Å². The van der Waals surface area contributed by atoms with E-state index in [4.69, 9.17) is 16.3 Å². The van der Waals surface area contributed by atoms with Crippen molar-refractivity contribution in [3.05, 3.63) is 58.6 Å². The van der Waals surface area contributed by atoms with Crippen LogP contribution in [0.4, 0.5) is 5.69 Å². The summed E-state index contributed by atoms with van der Waals surface area (Å²) in [4.78, 5) is 26.9. The van der Waals surface area contributed by atoms with Gasteiger partial charge in [0.25, 0.3) is 5.91 Å². The molecule has 0 aliphatic carbocycles. The number of esters is 1. The Hall–Kier alpha value is -2.18. The highest BCUT2D eigenvalue weighted by molar-refractivity contribution is 7.98. The molecule has 2 aromatic rings. The molecule has 0 saturated heterocycles. The molecule has 0 aliphatic heterocycles. The van der Waals surface area contributed by atoms with Crippen molar-refractivity contribution in [1.29, 1.82) is 0 Å². The SMILES string of the molecule is CSc1ccc(Cl)c(C(=O)OCC(=O)NCc2ccc(N(C)C)cc2)c1. The quantitative estimate of drug-likeness (QED) is 0.576. The van der Waals surface area contributed by atoms with Crippen molar-refractivity contribution in [1.82, 2.24) is 5.32 Å². The minimum absolute atomic E-state index is 0.255. The van der Waals surface area contributed by atoms with Crippen LogP contribution in [0.1, 0.15) is 15.9 Å². The summed E-state index contributed by atoms with van der Waals surface area (Å²) in [5.41, 5.74) is 2.30. The van der Waals surface area contributed by atoms with Crippen LogP contribution in [0.2, 0.25) is 5.02 Å². The molecule has 0 atom stereocenters. The van der Waals surface area contributed by atoms with Crippen LogP contribution in [0.25, 0.3) is 0 Å². The van der Waals surface area contributed by atoms with E-state index in [-0.39, 0.29) is 18.1 Å². The van der Waals surface area contributed by atoms with E-state index in [0.717, 1.165) is 16.1 Å². The van der Waals surface area contributed by atoms with Crippen LogP contribution in [0.3, 0.4) is 0 Å². The van der Waals surface area contributed by atoms with Gasteiger partial charge in [-0.25, -0.2) is 4.79 Å². The maximum atomic E-state index is 12.1. The summed E-state index contributed by atoms with van der Waals surface area (Å²) in [7, 11) is 3.93. The zero-order valence-corrected chi connectivity index (χ0v) is 16.5. The van der Waals surface area contributed by atoms with E-state index in [9.17, 15) is 9.59 Å². The molecule has 0 aromatic heterocycles. The van der Waals surface area contributed by atoms with Gasteiger partial charge in [0.05, 0.1) is 10.6 Å². The second kappa shape index (κ2) is 9.50. The van der Waals surface area contributed by atoms with Gasteiger partial charge in [-0.15, -0.1) is 11.8 Å². The smallest absolute Gasteiger partial charge is 0.340 e. The standard InChI is InChI=1S/C19H21ClN2O3S/c1-22(2)14-6-4-13(5-7-14)11-21-18(23)12-25-19(24)16-10-15(26-3)8-9-17(16)20/h4-10H,11-12H2,1-3H3,(H,21,23). The first-order chi connectivity index (χ1) is 12.4. The zero-order chi connectivity index (χ0) is 19.1. The van der Waals surface area contributed by atoms with E-state index < -0.39 is 5.97 Å². The highest BCUT2D eigenvalue weighted by Crippen LogP contribution is 2.23. The predicted octanol–water partition coefficient (Wildman–Crippen LogP) is 3.60. The van der Waals surface area contributed by atoms with Gasteiger partial charge in [-0.05, 0) is 42.2 Å². The first-order valence-corrected chi connectivity index (χ1v) is 9.54. The van der Waals surface area contributed by atoms with Crippen molar-refractivity contribution < 1.29 is 14.3 Å². The number of benzene rings is 2. The molecular weight excluding hydrogens is 372 g/mol. The van der Waals surface area contributed by atoms with Crippen LogP contribution < -0.4 is 10.2 Å². The average Bonchev–Trinajstić information content (AvgIpc) is 2.65. The van der Waals surface area contributed by atoms with Crippen molar-refractivity contribution in [3.8, 4) is 0 Å². The van der Waals surface area contributed by atoms with Crippen LogP contribution in [-0.4, -0.2) is 38.8 Å². The van der Waals surface area contributed by atoms with Gasteiger partial charge in [-0.3, -0.25) is 4.79 Å². The van der Waals surface area contributed by atoms with E-state index in [0.29, 0.717) is 11.6 Å². The molecule has 0 heterocycles. The van der Waals surface area contributed by atoms with Crippen molar-refractivity contribution in [2.24, 2.45) is 0 Å². The van der Waals surface area contributed by atoms with Gasteiger partial charge in [-0.2, -0.15) is 0 Å². The third-order valence-electron chi connectivity index (χ3n) is 3.67. The Bertz CT molecular complexity index is 779. The van der Waals surface area contributed by atoms with Crippen LogP contribution >= 0.6 is 23.4 Å². The first-order valence-electron chi connectivity index (χ1n) is 7.94. The maximum Gasteiger partial charge on any atom is 0.340 e. The number of anilines is 1. The molecule has 2 aromatic carbocycles. The van der Waals surface area contributed by atoms with Crippen molar-refractivity contribution >= 4 is 40.9 Å². The lowest BCUT2D eigenvalue weighted by Gasteiger charge is -2.13. The summed E-state index contributed by atoms with van der Waals surface area (Å²) >= 11 is 7.52. The van der Waals surface area contributed by atoms with Crippen molar-refractivity contribution in [2.75, 3.05) is 31.9 Å². The minimum atomic E-state index is -0.614. The Kier molecular flexibility index (Phi) is 7.36. The summed E-state index contributed by atoms with van der Waals surface area (Å²) in [6.07, 6.45) is 1.90. The molecule has 1 amide bonds. The number of thioether (sulfide) groups is 1. The summed E-state index contributed by atoms with van der Waals surface area (Å²) in [6.45, 7) is 0.0151. The Labute approximate surface area is 162 Å². The van der Waals surface area contributed by atoms with Gasteiger partial charge < -0.3 is 15.0 Å². The molecule has 5 nitrogen and oxygen atoms in total. The molecule has 138 valence electrons. The average molecular weight is 393 g/mol. The fourth-order valence-electron chi connectivity index (χ4n) is 2.16. The highest BCUT2D eigenvalue weighted by atomic mass is 35.5. The van der Waals surface area contributed by atoms with Crippen LogP contribution in [0, 0.1) is 0 Å². The fraction of sp³-hybridized carbons (Fsp3) is 0.263. The van der Waals surface area contributed by atoms with Gasteiger partial charge in [-0.1, -0.05) is 23.7 Å². The highest BCUT2D eigenvalue weighted by Gasteiger charge is 2.14. The third-order valence-corrected chi connectivity index (χ3v) is 4.73. The van der Waals surface area contributed by atoms with E-state index in [2.05, 4.69) is 5.32 Å². The number of hydrogen-bond donors (Lipinski definition) is 1. The number of hydrogen-bond acceptors (Lipinski definition) is 5. The zero-order valence-electron chi connectivity index (χ0n) is 14.9. The lowest BCUT2D eigenvalue weighted by Crippen LogP contribution is -2.28. The predicted molar refractivity (Wildman–Crippen MR) is 106 cm³/mol. The minimum Gasteiger partial charge on any atom is -0.452 e. The molecule has 0 unspecified atom stereocenters. The van der Waals surface area contributed by atoms with Crippen LogP contribution in [-0.2, 0) is 16.1 Å². The normalized spacial score (nSPS) is 10.3. The number of carbonyl (C=O) groups is 2. The van der Waals surface area contributed by atoms with Gasteiger partial charge >= 0.3 is 5.97 Å². The molecule has 0 aliphatic rings. The lowest BCUT2D eigenvalue weighted by molar-refractivity contribution is -0.124. The Balaban J connectivity index is 1.84. The van der Waals surface area contributed by atoms with E-state index in [1.807, 2.05) is 55.6 Å². The number of halogens is 1. The summed E-state index contributed by atoms with van der Waals surface area (Å²) in [5, 5.41) is 3.02. The second-order valence-electron chi connectivity index (χ2n) is 5.76. The van der Waals surface area contributed by atoms with Gasteiger partial charge in [0.15, 0.2) is 6.61 Å². The molecule has 1 N–H and O–H groups in total. The number of nitrogens with one attached hydrogen (secondary N) is 1. The van der Waals surface area contributed by atoms with E-state index in [1.165, 1.54) is 11.8 Å². The molecule has 2 rings (SSSR count). The molecule has 0 fully saturated rings. The number of ether oxygens (including phenoxy) is 1. The summed E-state index contributed by atoms with van der Waals surface area (Å²) in [6, 6.07) is 12.9. The van der Waals surface area contributed by atoms with Crippen molar-refractivity contribution in [2.45, 2.75) is 11.4 Å². The number of rotatable bonds is 7. The topological polar surface area (TPSA) is 58.6 Å². The third kappa shape index (κ3) is 5.68. The molecule has 0 saturated carbocycles. The largest absolute Gasteiger partial charge is 0.452 e. The van der Waals surface area contributed by atoms with E-state index in [1.54, 1.807) is 12.1 Å². The van der Waals surface area contributed by atoms with Gasteiger partial charge in [0, 0.05) is 31.2 Å². The molecule has 0 spiro atoms.